The van der Waals surface area contributed by atoms with Crippen molar-refractivity contribution in [3.63, 3.8) is 0 Å². The van der Waals surface area contributed by atoms with Gasteiger partial charge in [-0.25, -0.2) is 4.39 Å². The third-order valence-corrected chi connectivity index (χ3v) is 4.50. The summed E-state index contributed by atoms with van der Waals surface area (Å²) in [6, 6.07) is 18.1. The predicted octanol–water partition coefficient (Wildman–Crippen LogP) is 4.94. The van der Waals surface area contributed by atoms with Crippen LogP contribution in [0, 0.1) is 5.82 Å². The fourth-order valence-corrected chi connectivity index (χ4v) is 3.23. The minimum absolute atomic E-state index is 0.0917. The Morgan fingerprint density at radius 2 is 1.81 bits per heavy atom. The van der Waals surface area contributed by atoms with Gasteiger partial charge in [0, 0.05) is 41.1 Å². The first-order valence-electron chi connectivity index (χ1n) is 8.76. The van der Waals surface area contributed by atoms with E-state index in [1.165, 1.54) is 12.1 Å². The molecular formula is C22H18FN3O. The van der Waals surface area contributed by atoms with E-state index in [1.54, 1.807) is 30.6 Å². The molecule has 134 valence electrons. The number of nitrogens with one attached hydrogen (secondary N) is 2. The van der Waals surface area contributed by atoms with Gasteiger partial charge in [-0.2, -0.15) is 0 Å². The number of carbonyl (C=O) groups is 1. The number of anilines is 1. The molecule has 2 aromatic carbocycles. The van der Waals surface area contributed by atoms with Crippen molar-refractivity contribution < 1.29 is 9.18 Å². The lowest BCUT2D eigenvalue weighted by atomic mass is 10.0. The standard InChI is InChI=1S/C22H18FN3O/c23-16-6-8-20-19(14-16)18(22(26-20)15-4-2-1-3-5-15)7-9-21(27)25-17-10-12-24-13-11-17/h1-6,8,10-14,26H,7,9H2,(H,24,25,27). The SMILES string of the molecule is O=C(CCc1c(-c2ccccc2)[nH]c2ccc(F)cc12)Nc1ccncc1. The minimum atomic E-state index is -0.288. The molecule has 0 unspecified atom stereocenters. The van der Waals surface area contributed by atoms with Crippen molar-refractivity contribution in [2.24, 2.45) is 0 Å². The van der Waals surface area contributed by atoms with Crippen LogP contribution in [0.2, 0.25) is 0 Å². The number of hydrogen-bond donors (Lipinski definition) is 2. The van der Waals surface area contributed by atoms with Crippen molar-refractivity contribution in [2.45, 2.75) is 12.8 Å². The molecule has 0 atom stereocenters. The van der Waals surface area contributed by atoms with Crippen LogP contribution in [-0.2, 0) is 11.2 Å². The van der Waals surface area contributed by atoms with Gasteiger partial charge in [-0.3, -0.25) is 9.78 Å². The maximum atomic E-state index is 13.8. The number of hydrogen-bond acceptors (Lipinski definition) is 2. The first kappa shape index (κ1) is 17.0. The summed E-state index contributed by atoms with van der Waals surface area (Å²) in [7, 11) is 0. The molecule has 0 fully saturated rings. The van der Waals surface area contributed by atoms with Crippen LogP contribution in [0.4, 0.5) is 10.1 Å². The summed E-state index contributed by atoms with van der Waals surface area (Å²) in [5.74, 6) is -0.380. The highest BCUT2D eigenvalue weighted by Gasteiger charge is 2.15. The number of aromatic amines is 1. The summed E-state index contributed by atoms with van der Waals surface area (Å²) in [6.45, 7) is 0. The number of aryl methyl sites for hydroxylation is 1. The van der Waals surface area contributed by atoms with Crippen molar-refractivity contribution >= 4 is 22.5 Å². The molecule has 0 aliphatic heterocycles. The molecule has 0 bridgehead atoms. The second-order valence-corrected chi connectivity index (χ2v) is 6.32. The van der Waals surface area contributed by atoms with Crippen molar-refractivity contribution in [3.8, 4) is 11.3 Å². The van der Waals surface area contributed by atoms with Crippen LogP contribution in [0.15, 0.2) is 73.1 Å². The third-order valence-electron chi connectivity index (χ3n) is 4.50. The zero-order chi connectivity index (χ0) is 18.6. The lowest BCUT2D eigenvalue weighted by molar-refractivity contribution is -0.116. The van der Waals surface area contributed by atoms with Gasteiger partial charge in [0.05, 0.1) is 0 Å². The van der Waals surface area contributed by atoms with Gasteiger partial charge < -0.3 is 10.3 Å². The Morgan fingerprint density at radius 3 is 2.59 bits per heavy atom. The van der Waals surface area contributed by atoms with Crippen LogP contribution >= 0.6 is 0 Å². The van der Waals surface area contributed by atoms with Crippen molar-refractivity contribution in [1.82, 2.24) is 9.97 Å². The van der Waals surface area contributed by atoms with Crippen LogP contribution in [0.1, 0.15) is 12.0 Å². The average molecular weight is 359 g/mol. The Kier molecular flexibility index (Phi) is 4.66. The van der Waals surface area contributed by atoms with Crippen LogP contribution in [0.25, 0.3) is 22.2 Å². The lowest BCUT2D eigenvalue weighted by Gasteiger charge is -2.07. The number of nitrogens with zero attached hydrogens (tertiary/aromatic N) is 1. The smallest absolute Gasteiger partial charge is 0.224 e. The molecule has 0 spiro atoms. The molecule has 2 N–H and O–H groups in total. The number of rotatable bonds is 5. The minimum Gasteiger partial charge on any atom is -0.354 e. The van der Waals surface area contributed by atoms with Crippen LogP contribution in [0.5, 0.6) is 0 Å². The van der Waals surface area contributed by atoms with Crippen LogP contribution < -0.4 is 5.32 Å². The summed E-state index contributed by atoms with van der Waals surface area (Å²) < 4.78 is 13.8. The molecule has 0 aliphatic rings. The monoisotopic (exact) mass is 359 g/mol. The zero-order valence-electron chi connectivity index (χ0n) is 14.6. The number of amides is 1. The van der Waals surface area contributed by atoms with E-state index in [-0.39, 0.29) is 11.7 Å². The fourth-order valence-electron chi connectivity index (χ4n) is 3.23. The first-order chi connectivity index (χ1) is 13.2. The van der Waals surface area contributed by atoms with E-state index in [1.807, 2.05) is 30.3 Å². The fraction of sp³-hybridized carbons (Fsp3) is 0.0909. The number of benzene rings is 2. The van der Waals surface area contributed by atoms with Crippen molar-refractivity contribution in [1.29, 1.82) is 0 Å². The highest BCUT2D eigenvalue weighted by molar-refractivity contribution is 5.93. The number of aromatic nitrogens is 2. The second-order valence-electron chi connectivity index (χ2n) is 6.32. The quantitative estimate of drug-likeness (QED) is 0.530. The largest absolute Gasteiger partial charge is 0.354 e. The van der Waals surface area contributed by atoms with E-state index in [0.29, 0.717) is 18.5 Å². The lowest BCUT2D eigenvalue weighted by Crippen LogP contribution is -2.12. The Morgan fingerprint density at radius 1 is 1.04 bits per heavy atom. The molecule has 0 saturated heterocycles. The van der Waals surface area contributed by atoms with Crippen LogP contribution in [-0.4, -0.2) is 15.9 Å². The summed E-state index contributed by atoms with van der Waals surface area (Å²) in [6.07, 6.45) is 4.06. The highest BCUT2D eigenvalue weighted by Crippen LogP contribution is 2.31. The zero-order valence-corrected chi connectivity index (χ0v) is 14.6. The Balaban J connectivity index is 1.63. The number of H-pyrrole nitrogens is 1. The van der Waals surface area contributed by atoms with E-state index >= 15 is 0 Å². The van der Waals surface area contributed by atoms with Gasteiger partial charge >= 0.3 is 0 Å². The normalized spacial score (nSPS) is 10.9. The van der Waals surface area contributed by atoms with E-state index in [0.717, 1.165) is 27.7 Å². The number of halogens is 1. The van der Waals surface area contributed by atoms with Gasteiger partial charge in [0.25, 0.3) is 0 Å². The molecule has 4 aromatic rings. The molecule has 4 rings (SSSR count). The van der Waals surface area contributed by atoms with E-state index in [9.17, 15) is 9.18 Å². The highest BCUT2D eigenvalue weighted by atomic mass is 19.1. The van der Waals surface area contributed by atoms with Crippen molar-refractivity contribution in [3.05, 3.63) is 84.4 Å². The Hall–Kier alpha value is -3.47. The molecule has 2 heterocycles. The summed E-state index contributed by atoms with van der Waals surface area (Å²) in [5, 5.41) is 3.67. The van der Waals surface area contributed by atoms with Gasteiger partial charge in [0.2, 0.25) is 5.91 Å². The maximum absolute atomic E-state index is 13.8. The van der Waals surface area contributed by atoms with Crippen LogP contribution in [0.3, 0.4) is 0 Å². The van der Waals surface area contributed by atoms with Gasteiger partial charge in [0.15, 0.2) is 0 Å². The number of carbonyl (C=O) groups excluding carboxylic acids is 1. The number of pyridine rings is 1. The summed E-state index contributed by atoms with van der Waals surface area (Å²) in [4.78, 5) is 19.7. The van der Waals surface area contributed by atoms with E-state index < -0.39 is 0 Å². The second kappa shape index (κ2) is 7.41. The van der Waals surface area contributed by atoms with E-state index in [2.05, 4.69) is 15.3 Å². The van der Waals surface area contributed by atoms with Gasteiger partial charge in [-0.1, -0.05) is 30.3 Å². The molecule has 5 heteroatoms. The summed E-state index contributed by atoms with van der Waals surface area (Å²) in [5.41, 5.74) is 4.45. The van der Waals surface area contributed by atoms with E-state index in [4.69, 9.17) is 0 Å². The average Bonchev–Trinajstić information content (AvgIpc) is 3.05. The van der Waals surface area contributed by atoms with Crippen molar-refractivity contribution in [2.75, 3.05) is 5.32 Å². The van der Waals surface area contributed by atoms with Gasteiger partial charge in [-0.05, 0) is 47.9 Å². The van der Waals surface area contributed by atoms with Gasteiger partial charge in [-0.15, -0.1) is 0 Å². The molecule has 2 aromatic heterocycles. The topological polar surface area (TPSA) is 57.8 Å². The molecule has 27 heavy (non-hydrogen) atoms. The summed E-state index contributed by atoms with van der Waals surface area (Å²) >= 11 is 0. The number of fused-ring (bicyclic) bond motifs is 1. The Bertz CT molecular complexity index is 1070. The molecule has 1 amide bonds. The molecule has 0 radical (unpaired) electrons. The Labute approximate surface area is 156 Å². The molecule has 4 nitrogen and oxygen atoms in total. The third kappa shape index (κ3) is 3.72. The molecular weight excluding hydrogens is 341 g/mol. The molecule has 0 aliphatic carbocycles. The predicted molar refractivity (Wildman–Crippen MR) is 105 cm³/mol. The first-order valence-corrected chi connectivity index (χ1v) is 8.76. The van der Waals surface area contributed by atoms with Gasteiger partial charge in [0.1, 0.15) is 5.82 Å². The maximum Gasteiger partial charge on any atom is 0.224 e. The molecule has 0 saturated carbocycles.